The Balaban J connectivity index is 1.84. The van der Waals surface area contributed by atoms with E-state index in [0.29, 0.717) is 12.5 Å². The van der Waals surface area contributed by atoms with Gasteiger partial charge in [-0.25, -0.2) is 0 Å². The number of halogens is 2. The lowest BCUT2D eigenvalue weighted by atomic mass is 9.90. The van der Waals surface area contributed by atoms with Gasteiger partial charge in [-0.1, -0.05) is 51.0 Å². The molecule has 168 valence electrons. The molecule has 0 bridgehead atoms. The third-order valence-corrected chi connectivity index (χ3v) is 5.71. The topological polar surface area (TPSA) is 27.7 Å². The molecule has 1 aromatic rings. The molecule has 1 fully saturated rings. The number of hydrogen-bond donors (Lipinski definition) is 0. The van der Waals surface area contributed by atoms with E-state index in [1.54, 1.807) is 6.92 Å². The van der Waals surface area contributed by atoms with E-state index >= 15 is 0 Å². The summed E-state index contributed by atoms with van der Waals surface area (Å²) in [7, 11) is 1.31. The molecule has 2 rings (SSSR count). The Hall–Kier alpha value is -1.88. The number of unbranched alkanes of at least 4 members (excludes halogenated alkanes) is 2. The zero-order chi connectivity index (χ0) is 21.9. The van der Waals surface area contributed by atoms with Gasteiger partial charge >= 0.3 is 0 Å². The van der Waals surface area contributed by atoms with E-state index in [1.165, 1.54) is 44.4 Å². The first-order chi connectivity index (χ1) is 14.5. The Labute approximate surface area is 180 Å². The van der Waals surface area contributed by atoms with E-state index in [9.17, 15) is 8.78 Å². The second-order valence-electron chi connectivity index (χ2n) is 7.90. The lowest BCUT2D eigenvalue weighted by Crippen LogP contribution is -2.28. The molecular weight excluding hydrogens is 386 g/mol. The van der Waals surface area contributed by atoms with E-state index in [-0.39, 0.29) is 30.6 Å². The molecule has 0 saturated carbocycles. The molecule has 1 saturated heterocycles. The maximum atomic E-state index is 14.3. The van der Waals surface area contributed by atoms with Crippen LogP contribution < -0.4 is 0 Å². The normalized spacial score (nSPS) is 21.0. The summed E-state index contributed by atoms with van der Waals surface area (Å²) in [5.41, 5.74) is 2.69. The van der Waals surface area contributed by atoms with E-state index in [1.807, 2.05) is 0 Å². The highest BCUT2D eigenvalue weighted by molar-refractivity contribution is 5.26. The van der Waals surface area contributed by atoms with Crippen molar-refractivity contribution in [3.63, 3.8) is 0 Å². The molecule has 0 aromatic heterocycles. The highest BCUT2D eigenvalue weighted by Gasteiger charge is 2.24. The molecular formula is C25H36F2O3. The summed E-state index contributed by atoms with van der Waals surface area (Å²) in [5, 5.41) is 0. The van der Waals surface area contributed by atoms with Crippen LogP contribution in [0.1, 0.15) is 76.3 Å². The third-order valence-electron chi connectivity index (χ3n) is 5.71. The second-order valence-corrected chi connectivity index (χ2v) is 7.90. The van der Waals surface area contributed by atoms with Gasteiger partial charge in [-0.05, 0) is 43.7 Å². The molecule has 1 aliphatic heterocycles. The van der Waals surface area contributed by atoms with Gasteiger partial charge in [-0.3, -0.25) is 0 Å². The van der Waals surface area contributed by atoms with Crippen molar-refractivity contribution in [2.24, 2.45) is 0 Å². The van der Waals surface area contributed by atoms with Gasteiger partial charge in [0, 0.05) is 12.3 Å². The van der Waals surface area contributed by atoms with Crippen molar-refractivity contribution >= 4 is 0 Å². The maximum Gasteiger partial charge on any atom is 0.199 e. The van der Waals surface area contributed by atoms with Crippen molar-refractivity contribution in [3.8, 4) is 0 Å². The van der Waals surface area contributed by atoms with Gasteiger partial charge in [-0.2, -0.15) is 8.78 Å². The van der Waals surface area contributed by atoms with E-state index in [2.05, 4.69) is 31.2 Å². The lowest BCUT2D eigenvalue weighted by Gasteiger charge is -2.29. The zero-order valence-electron chi connectivity index (χ0n) is 18.8. The van der Waals surface area contributed by atoms with Gasteiger partial charge in [0.1, 0.15) is 18.1 Å². The molecule has 30 heavy (non-hydrogen) atoms. The first-order valence-corrected chi connectivity index (χ1v) is 11.1. The van der Waals surface area contributed by atoms with Gasteiger partial charge in [0.05, 0.1) is 19.8 Å². The Bertz CT molecular complexity index is 702. The van der Waals surface area contributed by atoms with E-state index in [4.69, 9.17) is 14.2 Å². The van der Waals surface area contributed by atoms with Crippen LogP contribution in [0.25, 0.3) is 0 Å². The number of aryl methyl sites for hydroxylation is 1. The quantitative estimate of drug-likeness (QED) is 0.215. The molecule has 0 N–H and O–H groups in total. The Morgan fingerprint density at radius 2 is 1.80 bits per heavy atom. The summed E-state index contributed by atoms with van der Waals surface area (Å²) in [5.74, 6) is -1.75. The fourth-order valence-corrected chi connectivity index (χ4v) is 3.62. The van der Waals surface area contributed by atoms with Gasteiger partial charge in [0.15, 0.2) is 11.7 Å². The van der Waals surface area contributed by atoms with Crippen molar-refractivity contribution in [2.45, 2.75) is 77.7 Å². The van der Waals surface area contributed by atoms with Crippen LogP contribution in [-0.4, -0.2) is 26.4 Å². The summed E-state index contributed by atoms with van der Waals surface area (Å²) in [6.07, 6.45) is 6.86. The van der Waals surface area contributed by atoms with Crippen molar-refractivity contribution in [2.75, 3.05) is 20.3 Å². The number of hydrogen-bond acceptors (Lipinski definition) is 3. The SMILES string of the molecule is CCCCCc1ccc(C2CCC(CO/C(CC)=C(F)/C(F)=C(\C)OC)OC2)cc1. The predicted octanol–water partition coefficient (Wildman–Crippen LogP) is 7.14. The molecule has 0 aliphatic carbocycles. The molecule has 1 heterocycles. The van der Waals surface area contributed by atoms with E-state index in [0.717, 1.165) is 19.3 Å². The van der Waals surface area contributed by atoms with Gasteiger partial charge < -0.3 is 14.2 Å². The second kappa shape index (κ2) is 12.7. The van der Waals surface area contributed by atoms with Crippen LogP contribution in [0.4, 0.5) is 8.78 Å². The average molecular weight is 423 g/mol. The third kappa shape index (κ3) is 7.12. The Kier molecular flexibility index (Phi) is 10.4. The van der Waals surface area contributed by atoms with Crippen molar-refractivity contribution in [1.82, 2.24) is 0 Å². The smallest absolute Gasteiger partial charge is 0.199 e. The van der Waals surface area contributed by atoms with Crippen LogP contribution in [-0.2, 0) is 20.6 Å². The standard InChI is InChI=1S/C25H36F2O3/c1-5-7-8-9-19-10-12-20(13-11-19)21-14-15-22(29-16-21)17-30-23(6-2)25(27)24(26)18(3)28-4/h10-13,21-22H,5-9,14-17H2,1-4H3/b24-18-,25-23-. The minimum atomic E-state index is -1.02. The minimum absolute atomic E-state index is 0.00622. The molecule has 2 unspecified atom stereocenters. The highest BCUT2D eigenvalue weighted by Crippen LogP contribution is 2.30. The first kappa shape index (κ1) is 24.4. The fraction of sp³-hybridized carbons (Fsp3) is 0.600. The van der Waals surface area contributed by atoms with Crippen LogP contribution in [0.5, 0.6) is 0 Å². The van der Waals surface area contributed by atoms with Crippen LogP contribution in [0.3, 0.4) is 0 Å². The molecule has 0 amide bonds. The van der Waals surface area contributed by atoms with Gasteiger partial charge in [-0.15, -0.1) is 0 Å². The van der Waals surface area contributed by atoms with Gasteiger partial charge in [0.2, 0.25) is 0 Å². The maximum absolute atomic E-state index is 14.3. The molecule has 5 heteroatoms. The Morgan fingerprint density at radius 3 is 2.37 bits per heavy atom. The monoisotopic (exact) mass is 422 g/mol. The average Bonchev–Trinajstić information content (AvgIpc) is 2.79. The molecule has 0 radical (unpaired) electrons. The van der Waals surface area contributed by atoms with Crippen molar-refractivity contribution in [3.05, 3.63) is 58.6 Å². The lowest BCUT2D eigenvalue weighted by molar-refractivity contribution is -0.0365. The molecule has 3 nitrogen and oxygen atoms in total. The number of allylic oxidation sites excluding steroid dienone is 4. The Morgan fingerprint density at radius 1 is 1.07 bits per heavy atom. The first-order valence-electron chi connectivity index (χ1n) is 11.1. The number of rotatable bonds is 11. The van der Waals surface area contributed by atoms with Crippen LogP contribution in [0.2, 0.25) is 0 Å². The molecule has 1 aliphatic rings. The van der Waals surface area contributed by atoms with Crippen LogP contribution in [0, 0.1) is 0 Å². The minimum Gasteiger partial charge on any atom is -0.498 e. The summed E-state index contributed by atoms with van der Waals surface area (Å²) in [4.78, 5) is 0. The van der Waals surface area contributed by atoms with Gasteiger partial charge in [0.25, 0.3) is 0 Å². The summed E-state index contributed by atoms with van der Waals surface area (Å²) in [6, 6.07) is 8.88. The molecule has 1 aromatic carbocycles. The number of benzene rings is 1. The van der Waals surface area contributed by atoms with E-state index < -0.39 is 11.7 Å². The van der Waals surface area contributed by atoms with Crippen LogP contribution in [0.15, 0.2) is 47.4 Å². The van der Waals surface area contributed by atoms with Crippen molar-refractivity contribution in [1.29, 1.82) is 0 Å². The summed E-state index contributed by atoms with van der Waals surface area (Å²) >= 11 is 0. The zero-order valence-corrected chi connectivity index (χ0v) is 18.8. The molecule has 0 spiro atoms. The summed E-state index contributed by atoms with van der Waals surface area (Å²) in [6.45, 7) is 6.17. The van der Waals surface area contributed by atoms with Crippen molar-refractivity contribution < 1.29 is 23.0 Å². The fourth-order valence-electron chi connectivity index (χ4n) is 3.62. The largest absolute Gasteiger partial charge is 0.498 e. The molecule has 2 atom stereocenters. The number of ether oxygens (including phenoxy) is 3. The highest BCUT2D eigenvalue weighted by atomic mass is 19.2. The summed E-state index contributed by atoms with van der Waals surface area (Å²) < 4.78 is 44.5. The predicted molar refractivity (Wildman–Crippen MR) is 117 cm³/mol. The number of methoxy groups -OCH3 is 1. The van der Waals surface area contributed by atoms with Crippen LogP contribution >= 0.6 is 0 Å².